The standard InChI is InChI=1S/C13H15FO2/c14-12-7-2-1-6-11(12)9-4-3-5-10(8-9)13(15)16/h1-2,6-7,9-10H,3-5,8H2,(H,15,16). The van der Waals surface area contributed by atoms with Gasteiger partial charge < -0.3 is 5.11 Å². The molecule has 2 unspecified atom stereocenters. The molecular weight excluding hydrogens is 207 g/mol. The van der Waals surface area contributed by atoms with E-state index in [2.05, 4.69) is 0 Å². The van der Waals surface area contributed by atoms with Gasteiger partial charge in [0.05, 0.1) is 5.92 Å². The molecule has 1 aromatic rings. The molecule has 3 heteroatoms. The lowest BCUT2D eigenvalue weighted by Crippen LogP contribution is -2.22. The number of hydrogen-bond donors (Lipinski definition) is 1. The van der Waals surface area contributed by atoms with Crippen LogP contribution in [0.3, 0.4) is 0 Å². The Balaban J connectivity index is 2.16. The van der Waals surface area contributed by atoms with Crippen molar-refractivity contribution in [1.29, 1.82) is 0 Å². The summed E-state index contributed by atoms with van der Waals surface area (Å²) in [7, 11) is 0. The van der Waals surface area contributed by atoms with Crippen LogP contribution < -0.4 is 0 Å². The third-order valence-corrected chi connectivity index (χ3v) is 3.37. The van der Waals surface area contributed by atoms with Crippen molar-refractivity contribution in [2.45, 2.75) is 31.6 Å². The van der Waals surface area contributed by atoms with Crippen LogP contribution >= 0.6 is 0 Å². The first-order valence-corrected chi connectivity index (χ1v) is 5.65. The van der Waals surface area contributed by atoms with Gasteiger partial charge in [-0.05, 0) is 36.8 Å². The minimum atomic E-state index is -0.749. The van der Waals surface area contributed by atoms with Crippen LogP contribution in [0, 0.1) is 11.7 Å². The second kappa shape index (κ2) is 4.64. The van der Waals surface area contributed by atoms with Crippen molar-refractivity contribution in [2.24, 2.45) is 5.92 Å². The van der Waals surface area contributed by atoms with Crippen LogP contribution in [0.2, 0.25) is 0 Å². The zero-order chi connectivity index (χ0) is 11.5. The van der Waals surface area contributed by atoms with E-state index in [1.54, 1.807) is 12.1 Å². The fourth-order valence-electron chi connectivity index (χ4n) is 2.50. The molecule has 2 atom stereocenters. The molecule has 0 radical (unpaired) electrons. The van der Waals surface area contributed by atoms with Gasteiger partial charge in [0.15, 0.2) is 0 Å². The Morgan fingerprint density at radius 3 is 2.75 bits per heavy atom. The van der Waals surface area contributed by atoms with Gasteiger partial charge in [-0.3, -0.25) is 4.79 Å². The molecule has 1 N–H and O–H groups in total. The zero-order valence-corrected chi connectivity index (χ0v) is 9.03. The molecule has 1 aliphatic carbocycles. The van der Waals surface area contributed by atoms with Gasteiger partial charge in [0.1, 0.15) is 5.82 Å². The summed E-state index contributed by atoms with van der Waals surface area (Å²) in [5, 5.41) is 8.98. The van der Waals surface area contributed by atoms with E-state index in [0.29, 0.717) is 12.0 Å². The highest BCUT2D eigenvalue weighted by atomic mass is 19.1. The highest BCUT2D eigenvalue weighted by Crippen LogP contribution is 2.37. The van der Waals surface area contributed by atoms with Crippen LogP contribution in [0.4, 0.5) is 4.39 Å². The second-order valence-electron chi connectivity index (χ2n) is 4.42. The molecule has 1 aliphatic rings. The Hall–Kier alpha value is -1.38. The molecule has 1 saturated carbocycles. The van der Waals surface area contributed by atoms with E-state index < -0.39 is 5.97 Å². The van der Waals surface area contributed by atoms with E-state index >= 15 is 0 Å². The summed E-state index contributed by atoms with van der Waals surface area (Å²) >= 11 is 0. The van der Waals surface area contributed by atoms with Gasteiger partial charge in [0, 0.05) is 0 Å². The van der Waals surface area contributed by atoms with Gasteiger partial charge in [0.2, 0.25) is 0 Å². The molecule has 2 nitrogen and oxygen atoms in total. The van der Waals surface area contributed by atoms with E-state index in [0.717, 1.165) is 19.3 Å². The minimum absolute atomic E-state index is 0.0658. The maximum atomic E-state index is 13.6. The highest BCUT2D eigenvalue weighted by molar-refractivity contribution is 5.70. The van der Waals surface area contributed by atoms with Crippen molar-refractivity contribution < 1.29 is 14.3 Å². The minimum Gasteiger partial charge on any atom is -0.481 e. The number of carboxylic acid groups (broad SMARTS) is 1. The maximum absolute atomic E-state index is 13.6. The summed E-state index contributed by atoms with van der Waals surface area (Å²) in [6, 6.07) is 6.68. The summed E-state index contributed by atoms with van der Waals surface area (Å²) in [4.78, 5) is 10.9. The Bertz CT molecular complexity index is 389. The lowest BCUT2D eigenvalue weighted by atomic mass is 9.78. The van der Waals surface area contributed by atoms with E-state index in [-0.39, 0.29) is 17.7 Å². The highest BCUT2D eigenvalue weighted by Gasteiger charge is 2.28. The second-order valence-corrected chi connectivity index (χ2v) is 4.42. The lowest BCUT2D eigenvalue weighted by molar-refractivity contribution is -0.143. The van der Waals surface area contributed by atoms with Gasteiger partial charge in [-0.1, -0.05) is 24.6 Å². The number of halogens is 1. The maximum Gasteiger partial charge on any atom is 0.306 e. The number of benzene rings is 1. The molecule has 0 aromatic heterocycles. The predicted molar refractivity (Wildman–Crippen MR) is 58.7 cm³/mol. The molecule has 2 rings (SSSR count). The number of hydrogen-bond acceptors (Lipinski definition) is 1. The smallest absolute Gasteiger partial charge is 0.306 e. The molecule has 0 saturated heterocycles. The van der Waals surface area contributed by atoms with Crippen LogP contribution in [0.25, 0.3) is 0 Å². The SMILES string of the molecule is O=C(O)C1CCCC(c2ccccc2F)C1. The van der Waals surface area contributed by atoms with Crippen molar-refractivity contribution in [2.75, 3.05) is 0 Å². The summed E-state index contributed by atoms with van der Waals surface area (Å²) in [5.74, 6) is -1.20. The van der Waals surface area contributed by atoms with Crippen molar-refractivity contribution in [3.63, 3.8) is 0 Å². The van der Waals surface area contributed by atoms with Gasteiger partial charge in [-0.25, -0.2) is 4.39 Å². The monoisotopic (exact) mass is 222 g/mol. The van der Waals surface area contributed by atoms with Crippen molar-refractivity contribution >= 4 is 5.97 Å². The molecule has 16 heavy (non-hydrogen) atoms. The normalized spacial score (nSPS) is 25.3. The number of aliphatic carboxylic acids is 1. The summed E-state index contributed by atoms with van der Waals surface area (Å²) in [6.07, 6.45) is 3.05. The topological polar surface area (TPSA) is 37.3 Å². The van der Waals surface area contributed by atoms with Crippen LogP contribution in [0.15, 0.2) is 24.3 Å². The van der Waals surface area contributed by atoms with Crippen LogP contribution in [-0.4, -0.2) is 11.1 Å². The molecule has 0 spiro atoms. The molecule has 0 heterocycles. The Morgan fingerprint density at radius 2 is 2.06 bits per heavy atom. The molecule has 86 valence electrons. The van der Waals surface area contributed by atoms with E-state index in [4.69, 9.17) is 5.11 Å². The molecular formula is C13H15FO2. The Morgan fingerprint density at radius 1 is 1.31 bits per heavy atom. The molecule has 0 aliphatic heterocycles. The van der Waals surface area contributed by atoms with Crippen LogP contribution in [-0.2, 0) is 4.79 Å². The lowest BCUT2D eigenvalue weighted by Gasteiger charge is -2.27. The molecule has 0 bridgehead atoms. The van der Waals surface area contributed by atoms with E-state index in [1.807, 2.05) is 6.07 Å². The van der Waals surface area contributed by atoms with Gasteiger partial charge in [0.25, 0.3) is 0 Å². The average molecular weight is 222 g/mol. The predicted octanol–water partition coefficient (Wildman–Crippen LogP) is 3.18. The van der Waals surface area contributed by atoms with Crippen molar-refractivity contribution in [3.8, 4) is 0 Å². The first-order chi connectivity index (χ1) is 7.68. The largest absolute Gasteiger partial charge is 0.481 e. The first-order valence-electron chi connectivity index (χ1n) is 5.65. The van der Waals surface area contributed by atoms with Gasteiger partial charge in [-0.15, -0.1) is 0 Å². The Kier molecular flexibility index (Phi) is 3.22. The molecule has 1 fully saturated rings. The molecule has 1 aromatic carbocycles. The Labute approximate surface area is 94.1 Å². The first kappa shape index (κ1) is 11.1. The quantitative estimate of drug-likeness (QED) is 0.834. The summed E-state index contributed by atoms with van der Waals surface area (Å²) in [5.41, 5.74) is 0.674. The van der Waals surface area contributed by atoms with Crippen molar-refractivity contribution in [1.82, 2.24) is 0 Å². The third-order valence-electron chi connectivity index (χ3n) is 3.37. The van der Waals surface area contributed by atoms with E-state index in [1.165, 1.54) is 6.07 Å². The fraction of sp³-hybridized carbons (Fsp3) is 0.462. The van der Waals surface area contributed by atoms with Crippen LogP contribution in [0.5, 0.6) is 0 Å². The summed E-state index contributed by atoms with van der Waals surface area (Å²) < 4.78 is 13.6. The van der Waals surface area contributed by atoms with E-state index in [9.17, 15) is 9.18 Å². The average Bonchev–Trinajstić information content (AvgIpc) is 2.30. The number of rotatable bonds is 2. The van der Waals surface area contributed by atoms with Gasteiger partial charge >= 0.3 is 5.97 Å². The number of carboxylic acids is 1. The molecule has 0 amide bonds. The fourth-order valence-corrected chi connectivity index (χ4v) is 2.50. The van der Waals surface area contributed by atoms with Gasteiger partial charge in [-0.2, -0.15) is 0 Å². The zero-order valence-electron chi connectivity index (χ0n) is 9.03. The van der Waals surface area contributed by atoms with Crippen molar-refractivity contribution in [3.05, 3.63) is 35.6 Å². The van der Waals surface area contributed by atoms with Crippen LogP contribution in [0.1, 0.15) is 37.2 Å². The number of carbonyl (C=O) groups is 1. The third kappa shape index (κ3) is 2.23. The summed E-state index contributed by atoms with van der Waals surface area (Å²) in [6.45, 7) is 0.